The molecule has 1 aromatic carbocycles. The van der Waals surface area contributed by atoms with Gasteiger partial charge in [0, 0.05) is 35.1 Å². The molecule has 0 aliphatic carbocycles. The van der Waals surface area contributed by atoms with Crippen LogP contribution in [0.5, 0.6) is 0 Å². The fraction of sp³-hybridized carbons (Fsp3) is 0.308. The molecule has 0 fully saturated rings. The Labute approximate surface area is 117 Å². The van der Waals surface area contributed by atoms with Gasteiger partial charge in [0.25, 0.3) is 0 Å². The molecule has 1 heterocycles. The summed E-state index contributed by atoms with van der Waals surface area (Å²) in [4.78, 5) is 4.24. The number of hydrogen-bond donors (Lipinski definition) is 1. The Morgan fingerprint density at radius 2 is 2.00 bits per heavy atom. The van der Waals surface area contributed by atoms with Gasteiger partial charge in [0.05, 0.1) is 5.75 Å². The van der Waals surface area contributed by atoms with Gasteiger partial charge in [0.2, 0.25) is 0 Å². The molecular formula is C13H16N2O2S2. The van der Waals surface area contributed by atoms with Crippen molar-refractivity contribution < 1.29 is 8.42 Å². The van der Waals surface area contributed by atoms with E-state index in [4.69, 9.17) is 0 Å². The highest BCUT2D eigenvalue weighted by Gasteiger charge is 2.10. The van der Waals surface area contributed by atoms with Crippen LogP contribution in [0.3, 0.4) is 0 Å². The van der Waals surface area contributed by atoms with Crippen LogP contribution in [0.15, 0.2) is 35.8 Å². The van der Waals surface area contributed by atoms with Crippen molar-refractivity contribution in [3.8, 4) is 10.6 Å². The molecule has 102 valence electrons. The SMILES string of the molecule is CC(CS(C)(=O)=O)Nc1ccc(-c2nccs2)cc1. The molecule has 1 atom stereocenters. The third-order valence-corrected chi connectivity index (χ3v) is 4.46. The van der Waals surface area contributed by atoms with Crippen LogP contribution in [0, 0.1) is 0 Å². The molecule has 0 saturated heterocycles. The predicted octanol–water partition coefficient (Wildman–Crippen LogP) is 2.66. The summed E-state index contributed by atoms with van der Waals surface area (Å²) in [6.07, 6.45) is 3.02. The first-order valence-corrected chi connectivity index (χ1v) is 8.82. The zero-order valence-corrected chi connectivity index (χ0v) is 12.5. The lowest BCUT2D eigenvalue weighted by molar-refractivity contribution is 0.598. The molecule has 6 heteroatoms. The van der Waals surface area contributed by atoms with Gasteiger partial charge in [-0.25, -0.2) is 13.4 Å². The van der Waals surface area contributed by atoms with Gasteiger partial charge in [-0.3, -0.25) is 0 Å². The molecule has 0 aliphatic rings. The van der Waals surface area contributed by atoms with E-state index in [0.29, 0.717) is 0 Å². The van der Waals surface area contributed by atoms with Gasteiger partial charge in [-0.1, -0.05) is 0 Å². The van der Waals surface area contributed by atoms with Crippen molar-refractivity contribution in [2.24, 2.45) is 0 Å². The Hall–Kier alpha value is -1.40. The van der Waals surface area contributed by atoms with E-state index in [0.717, 1.165) is 16.3 Å². The highest BCUT2D eigenvalue weighted by molar-refractivity contribution is 7.90. The average molecular weight is 296 g/mol. The fourth-order valence-electron chi connectivity index (χ4n) is 1.86. The van der Waals surface area contributed by atoms with Crippen molar-refractivity contribution in [1.82, 2.24) is 4.98 Å². The molecule has 0 amide bonds. The van der Waals surface area contributed by atoms with E-state index >= 15 is 0 Å². The van der Waals surface area contributed by atoms with Crippen LogP contribution in [0.4, 0.5) is 5.69 Å². The normalized spacial score (nSPS) is 13.2. The number of benzene rings is 1. The van der Waals surface area contributed by atoms with Crippen LogP contribution in [-0.4, -0.2) is 31.5 Å². The van der Waals surface area contributed by atoms with E-state index in [-0.39, 0.29) is 11.8 Å². The van der Waals surface area contributed by atoms with Crippen LogP contribution in [0.2, 0.25) is 0 Å². The maximum absolute atomic E-state index is 11.2. The Morgan fingerprint density at radius 3 is 2.53 bits per heavy atom. The molecule has 0 bridgehead atoms. The smallest absolute Gasteiger partial charge is 0.149 e. The second-order valence-corrected chi connectivity index (χ2v) is 7.63. The summed E-state index contributed by atoms with van der Waals surface area (Å²) in [7, 11) is -2.96. The Bertz CT molecular complexity index is 619. The van der Waals surface area contributed by atoms with Gasteiger partial charge >= 0.3 is 0 Å². The molecule has 2 aromatic rings. The Kier molecular flexibility index (Phi) is 4.21. The van der Waals surface area contributed by atoms with Crippen molar-refractivity contribution in [3.63, 3.8) is 0 Å². The summed E-state index contributed by atoms with van der Waals surface area (Å²) in [5, 5.41) is 6.10. The summed E-state index contributed by atoms with van der Waals surface area (Å²) in [6.45, 7) is 1.86. The van der Waals surface area contributed by atoms with Gasteiger partial charge in [-0.15, -0.1) is 11.3 Å². The van der Waals surface area contributed by atoms with Crippen LogP contribution in [0.25, 0.3) is 10.6 Å². The third-order valence-electron chi connectivity index (χ3n) is 2.53. The number of nitrogens with one attached hydrogen (secondary N) is 1. The monoisotopic (exact) mass is 296 g/mol. The van der Waals surface area contributed by atoms with Gasteiger partial charge in [0.1, 0.15) is 14.8 Å². The standard InChI is InChI=1S/C13H16N2O2S2/c1-10(9-19(2,16)17)15-12-5-3-11(4-6-12)13-14-7-8-18-13/h3-8,10,15H,9H2,1-2H3. The molecule has 1 unspecified atom stereocenters. The van der Waals surface area contributed by atoms with Gasteiger partial charge in [-0.2, -0.15) is 0 Å². The molecule has 0 radical (unpaired) electrons. The topological polar surface area (TPSA) is 59.1 Å². The highest BCUT2D eigenvalue weighted by Crippen LogP contribution is 2.23. The molecule has 4 nitrogen and oxygen atoms in total. The Morgan fingerprint density at radius 1 is 1.32 bits per heavy atom. The first-order chi connectivity index (χ1) is 8.94. The molecule has 0 saturated carbocycles. The number of anilines is 1. The van der Waals surface area contributed by atoms with E-state index in [2.05, 4.69) is 10.3 Å². The summed E-state index contributed by atoms with van der Waals surface area (Å²) < 4.78 is 22.4. The maximum atomic E-state index is 11.2. The third kappa shape index (κ3) is 4.33. The second kappa shape index (κ2) is 5.71. The number of nitrogens with zero attached hydrogens (tertiary/aromatic N) is 1. The molecule has 0 spiro atoms. The minimum atomic E-state index is -2.96. The van der Waals surface area contributed by atoms with E-state index in [9.17, 15) is 8.42 Å². The van der Waals surface area contributed by atoms with Crippen molar-refractivity contribution in [3.05, 3.63) is 35.8 Å². The van der Waals surface area contributed by atoms with E-state index < -0.39 is 9.84 Å². The van der Waals surface area contributed by atoms with Crippen molar-refractivity contribution in [2.45, 2.75) is 13.0 Å². The van der Waals surface area contributed by atoms with Crippen molar-refractivity contribution >= 4 is 26.9 Å². The Balaban J connectivity index is 2.03. The first kappa shape index (κ1) is 14.0. The number of rotatable bonds is 5. The van der Waals surface area contributed by atoms with Gasteiger partial charge in [0.15, 0.2) is 0 Å². The average Bonchev–Trinajstić information content (AvgIpc) is 2.80. The quantitative estimate of drug-likeness (QED) is 0.921. The lowest BCUT2D eigenvalue weighted by atomic mass is 10.2. The van der Waals surface area contributed by atoms with E-state index in [1.807, 2.05) is 36.6 Å². The van der Waals surface area contributed by atoms with E-state index in [1.54, 1.807) is 17.5 Å². The lowest BCUT2D eigenvalue weighted by Crippen LogP contribution is -2.24. The number of sulfone groups is 1. The van der Waals surface area contributed by atoms with Crippen molar-refractivity contribution in [2.75, 3.05) is 17.3 Å². The maximum Gasteiger partial charge on any atom is 0.149 e. The second-order valence-electron chi connectivity index (χ2n) is 4.55. The molecule has 2 rings (SSSR count). The minimum absolute atomic E-state index is 0.110. The predicted molar refractivity (Wildman–Crippen MR) is 80.3 cm³/mol. The summed E-state index contributed by atoms with van der Waals surface area (Å²) in [5.41, 5.74) is 1.98. The summed E-state index contributed by atoms with van der Waals surface area (Å²) >= 11 is 1.59. The number of thiazole rings is 1. The van der Waals surface area contributed by atoms with Crippen LogP contribution in [0.1, 0.15) is 6.92 Å². The molecule has 0 aliphatic heterocycles. The molecule has 19 heavy (non-hydrogen) atoms. The molecule has 1 N–H and O–H groups in total. The lowest BCUT2D eigenvalue weighted by Gasteiger charge is -2.14. The first-order valence-electron chi connectivity index (χ1n) is 5.88. The molecule has 1 aromatic heterocycles. The van der Waals surface area contributed by atoms with E-state index in [1.165, 1.54) is 6.26 Å². The summed E-state index contributed by atoms with van der Waals surface area (Å²) in [6, 6.07) is 7.73. The summed E-state index contributed by atoms with van der Waals surface area (Å²) in [5.74, 6) is 0.126. The fourth-order valence-corrected chi connectivity index (χ4v) is 3.49. The zero-order valence-electron chi connectivity index (χ0n) is 10.8. The minimum Gasteiger partial charge on any atom is -0.382 e. The molecular weight excluding hydrogens is 280 g/mol. The number of aromatic nitrogens is 1. The van der Waals surface area contributed by atoms with Crippen LogP contribution in [-0.2, 0) is 9.84 Å². The zero-order chi connectivity index (χ0) is 13.9. The van der Waals surface area contributed by atoms with Gasteiger partial charge in [-0.05, 0) is 31.2 Å². The highest BCUT2D eigenvalue weighted by atomic mass is 32.2. The van der Waals surface area contributed by atoms with Crippen molar-refractivity contribution in [1.29, 1.82) is 0 Å². The van der Waals surface area contributed by atoms with Gasteiger partial charge < -0.3 is 5.32 Å². The van der Waals surface area contributed by atoms with Crippen LogP contribution >= 0.6 is 11.3 Å². The van der Waals surface area contributed by atoms with Crippen LogP contribution < -0.4 is 5.32 Å². The largest absolute Gasteiger partial charge is 0.382 e. The number of hydrogen-bond acceptors (Lipinski definition) is 5.